The summed E-state index contributed by atoms with van der Waals surface area (Å²) in [6.45, 7) is 6.79. The van der Waals surface area contributed by atoms with Crippen molar-refractivity contribution >= 4 is 5.91 Å². The van der Waals surface area contributed by atoms with Crippen molar-refractivity contribution in [1.29, 1.82) is 0 Å². The molecule has 0 bridgehead atoms. The molecule has 1 heterocycles. The number of piperidine rings is 1. The van der Waals surface area contributed by atoms with Crippen LogP contribution < -0.4 is 5.73 Å². The van der Waals surface area contributed by atoms with Gasteiger partial charge < -0.3 is 15.4 Å². The third kappa shape index (κ3) is 4.55. The molecule has 21 heavy (non-hydrogen) atoms. The number of hydrogen-bond acceptors (Lipinski definition) is 3. The second kappa shape index (κ2) is 7.05. The summed E-state index contributed by atoms with van der Waals surface area (Å²) in [4.78, 5) is 14.1. The van der Waals surface area contributed by atoms with Crippen LogP contribution in [-0.2, 0) is 16.1 Å². The average molecular weight is 290 g/mol. The van der Waals surface area contributed by atoms with Gasteiger partial charge in [-0.2, -0.15) is 0 Å². The molecule has 1 unspecified atom stereocenters. The van der Waals surface area contributed by atoms with Gasteiger partial charge in [0.1, 0.15) is 0 Å². The van der Waals surface area contributed by atoms with E-state index in [1.54, 1.807) is 0 Å². The topological polar surface area (TPSA) is 55.6 Å². The number of hydrogen-bond donors (Lipinski definition) is 1. The van der Waals surface area contributed by atoms with Gasteiger partial charge in [0.2, 0.25) is 5.91 Å². The van der Waals surface area contributed by atoms with Crippen LogP contribution in [0.5, 0.6) is 0 Å². The summed E-state index contributed by atoms with van der Waals surface area (Å²) in [7, 11) is 0. The molecule has 1 amide bonds. The zero-order valence-corrected chi connectivity index (χ0v) is 13.0. The molecule has 1 aromatic carbocycles. The summed E-state index contributed by atoms with van der Waals surface area (Å²) in [5.41, 5.74) is 7.23. The fourth-order valence-electron chi connectivity index (χ4n) is 2.67. The minimum atomic E-state index is -0.00118. The van der Waals surface area contributed by atoms with Gasteiger partial charge in [0.05, 0.1) is 19.6 Å². The predicted octanol–water partition coefficient (Wildman–Crippen LogP) is 2.18. The molecule has 1 aliphatic heterocycles. The summed E-state index contributed by atoms with van der Waals surface area (Å²) in [6.07, 6.45) is 1.32. The molecule has 1 aliphatic rings. The van der Waals surface area contributed by atoms with Gasteiger partial charge in [-0.25, -0.2) is 0 Å². The highest BCUT2D eigenvalue weighted by atomic mass is 16.5. The molecule has 0 aromatic heterocycles. The van der Waals surface area contributed by atoms with E-state index < -0.39 is 0 Å². The van der Waals surface area contributed by atoms with E-state index in [9.17, 15) is 4.79 Å². The van der Waals surface area contributed by atoms with Gasteiger partial charge in [-0.3, -0.25) is 4.79 Å². The maximum absolute atomic E-state index is 12.2. The molecule has 4 heteroatoms. The number of ether oxygens (including phenoxy) is 1. The van der Waals surface area contributed by atoms with Crippen LogP contribution in [0.4, 0.5) is 0 Å². The van der Waals surface area contributed by atoms with Gasteiger partial charge in [-0.1, -0.05) is 44.2 Å². The maximum Gasteiger partial charge on any atom is 0.224 e. The zero-order valence-electron chi connectivity index (χ0n) is 13.0. The predicted molar refractivity (Wildman–Crippen MR) is 83.7 cm³/mol. The normalized spacial score (nSPS) is 21.3. The van der Waals surface area contributed by atoms with Gasteiger partial charge in [0.25, 0.3) is 0 Å². The Kier molecular flexibility index (Phi) is 5.37. The smallest absolute Gasteiger partial charge is 0.224 e. The Labute approximate surface area is 127 Å². The fraction of sp³-hybridized carbons (Fsp3) is 0.588. The first-order chi connectivity index (χ1) is 9.99. The lowest BCUT2D eigenvalue weighted by molar-refractivity contribution is -0.135. The van der Waals surface area contributed by atoms with Crippen LogP contribution >= 0.6 is 0 Å². The summed E-state index contributed by atoms with van der Waals surface area (Å²) in [5, 5.41) is 0. The quantitative estimate of drug-likeness (QED) is 0.846. The first-order valence-electron chi connectivity index (χ1n) is 7.64. The molecule has 0 spiro atoms. The lowest BCUT2D eigenvalue weighted by Crippen LogP contribution is -2.54. The largest absolute Gasteiger partial charge is 0.376 e. The van der Waals surface area contributed by atoms with Crippen molar-refractivity contribution in [3.05, 3.63) is 35.9 Å². The lowest BCUT2D eigenvalue weighted by atomic mass is 9.79. The summed E-state index contributed by atoms with van der Waals surface area (Å²) in [5.74, 6) is 0.169. The second-order valence-electron chi connectivity index (χ2n) is 6.49. The Bertz CT molecular complexity index is 459. The van der Waals surface area contributed by atoms with Gasteiger partial charge >= 0.3 is 0 Å². The number of amides is 1. The van der Waals surface area contributed by atoms with E-state index in [4.69, 9.17) is 10.5 Å². The lowest BCUT2D eigenvalue weighted by Gasteiger charge is -2.42. The number of nitrogens with zero attached hydrogens (tertiary/aromatic N) is 1. The third-order valence-corrected chi connectivity index (χ3v) is 4.24. The molecule has 1 aromatic rings. The molecule has 0 aliphatic carbocycles. The Balaban J connectivity index is 1.70. The molecule has 4 nitrogen and oxygen atoms in total. The van der Waals surface area contributed by atoms with Crippen LogP contribution in [0.1, 0.15) is 32.3 Å². The summed E-state index contributed by atoms with van der Waals surface area (Å²) < 4.78 is 5.58. The van der Waals surface area contributed by atoms with Gasteiger partial charge in [-0.15, -0.1) is 0 Å². The van der Waals surface area contributed by atoms with Crippen molar-refractivity contribution in [1.82, 2.24) is 4.90 Å². The molecule has 2 N–H and O–H groups in total. The van der Waals surface area contributed by atoms with Crippen LogP contribution in [0, 0.1) is 5.41 Å². The van der Waals surface area contributed by atoms with E-state index in [0.29, 0.717) is 19.6 Å². The Hall–Kier alpha value is -1.39. The number of carbonyl (C=O) groups excluding carboxylic acids is 1. The third-order valence-electron chi connectivity index (χ3n) is 4.24. The Morgan fingerprint density at radius 2 is 2.10 bits per heavy atom. The first kappa shape index (κ1) is 16.0. The van der Waals surface area contributed by atoms with Crippen LogP contribution in [0.2, 0.25) is 0 Å². The van der Waals surface area contributed by atoms with Gasteiger partial charge in [-0.05, 0) is 17.4 Å². The van der Waals surface area contributed by atoms with Gasteiger partial charge in [0, 0.05) is 19.1 Å². The number of carbonyl (C=O) groups is 1. The highest BCUT2D eigenvalue weighted by molar-refractivity contribution is 5.76. The summed E-state index contributed by atoms with van der Waals surface area (Å²) >= 11 is 0. The number of benzene rings is 1. The fourth-order valence-corrected chi connectivity index (χ4v) is 2.67. The molecule has 116 valence electrons. The van der Waals surface area contributed by atoms with E-state index in [1.165, 1.54) is 0 Å². The van der Waals surface area contributed by atoms with Crippen LogP contribution in [-0.4, -0.2) is 36.5 Å². The highest BCUT2D eigenvalue weighted by Gasteiger charge is 2.34. The SMILES string of the molecule is CC1(C)CN(C(=O)CCOCc2ccccc2)CCC1N. The highest BCUT2D eigenvalue weighted by Crippen LogP contribution is 2.27. The molecular formula is C17H26N2O2. The minimum Gasteiger partial charge on any atom is -0.376 e. The minimum absolute atomic E-state index is 0.00118. The number of likely N-dealkylation sites (tertiary alicyclic amines) is 1. The van der Waals surface area contributed by atoms with Crippen LogP contribution in [0.15, 0.2) is 30.3 Å². The molecule has 1 atom stereocenters. The van der Waals surface area contributed by atoms with Crippen molar-refractivity contribution in [3.8, 4) is 0 Å². The molecule has 1 saturated heterocycles. The molecule has 0 radical (unpaired) electrons. The second-order valence-corrected chi connectivity index (χ2v) is 6.49. The summed E-state index contributed by atoms with van der Waals surface area (Å²) in [6, 6.07) is 10.2. The molecule has 2 rings (SSSR count). The number of nitrogens with two attached hydrogens (primary N) is 1. The first-order valence-corrected chi connectivity index (χ1v) is 7.64. The maximum atomic E-state index is 12.2. The van der Waals surface area contributed by atoms with Crippen molar-refractivity contribution in [2.75, 3.05) is 19.7 Å². The van der Waals surface area contributed by atoms with Crippen LogP contribution in [0.25, 0.3) is 0 Å². The number of rotatable bonds is 5. The van der Waals surface area contributed by atoms with Crippen LogP contribution in [0.3, 0.4) is 0 Å². The average Bonchev–Trinajstić information content (AvgIpc) is 2.47. The van der Waals surface area contributed by atoms with E-state index in [2.05, 4.69) is 13.8 Å². The van der Waals surface area contributed by atoms with E-state index in [1.807, 2.05) is 35.2 Å². The monoisotopic (exact) mass is 290 g/mol. The van der Waals surface area contributed by atoms with Gasteiger partial charge in [0.15, 0.2) is 0 Å². The van der Waals surface area contributed by atoms with Crippen molar-refractivity contribution < 1.29 is 9.53 Å². The standard InChI is InChI=1S/C17H26N2O2/c1-17(2)13-19(10-8-15(17)18)16(20)9-11-21-12-14-6-4-3-5-7-14/h3-7,15H,8-13,18H2,1-2H3. The van der Waals surface area contributed by atoms with Crippen molar-refractivity contribution in [2.24, 2.45) is 11.1 Å². The molecular weight excluding hydrogens is 264 g/mol. The Morgan fingerprint density at radius 1 is 1.38 bits per heavy atom. The van der Waals surface area contributed by atoms with Crippen molar-refractivity contribution in [2.45, 2.75) is 39.3 Å². The van der Waals surface area contributed by atoms with E-state index >= 15 is 0 Å². The Morgan fingerprint density at radius 3 is 2.76 bits per heavy atom. The molecule has 1 fully saturated rings. The van der Waals surface area contributed by atoms with E-state index in [0.717, 1.165) is 25.1 Å². The molecule has 0 saturated carbocycles. The van der Waals surface area contributed by atoms with E-state index in [-0.39, 0.29) is 17.4 Å². The zero-order chi connectivity index (χ0) is 15.3. The van der Waals surface area contributed by atoms with Crippen molar-refractivity contribution in [3.63, 3.8) is 0 Å².